The Hall–Kier alpha value is -1.61. The fraction of sp³-hybridized carbons (Fsp3) is 0.133. The van der Waals surface area contributed by atoms with Crippen LogP contribution in [0.3, 0.4) is 0 Å². The van der Waals surface area contributed by atoms with E-state index in [2.05, 4.69) is 21.2 Å². The third-order valence-electron chi connectivity index (χ3n) is 2.64. The van der Waals surface area contributed by atoms with Gasteiger partial charge in [0.25, 0.3) is 0 Å². The first-order chi connectivity index (χ1) is 8.65. The van der Waals surface area contributed by atoms with Crippen molar-refractivity contribution in [3.8, 4) is 0 Å². The first-order valence-electron chi connectivity index (χ1n) is 5.75. The van der Waals surface area contributed by atoms with Crippen LogP contribution in [-0.2, 0) is 11.2 Å². The quantitative estimate of drug-likeness (QED) is 0.914. The third kappa shape index (κ3) is 3.44. The maximum Gasteiger partial charge on any atom is 0.228 e. The topological polar surface area (TPSA) is 29.1 Å². The number of benzene rings is 2. The highest BCUT2D eigenvalue weighted by atomic mass is 79.9. The zero-order valence-corrected chi connectivity index (χ0v) is 11.7. The number of aryl methyl sites for hydroxylation is 1. The molecule has 0 radical (unpaired) electrons. The van der Waals surface area contributed by atoms with Gasteiger partial charge in [0, 0.05) is 10.2 Å². The lowest BCUT2D eigenvalue weighted by atomic mass is 10.1. The lowest BCUT2D eigenvalue weighted by molar-refractivity contribution is -0.115. The molecule has 0 fully saturated rings. The summed E-state index contributed by atoms with van der Waals surface area (Å²) in [6.45, 7) is 2.02. The third-order valence-corrected chi connectivity index (χ3v) is 3.42. The van der Waals surface area contributed by atoms with Crippen LogP contribution < -0.4 is 5.32 Å². The molecule has 0 unspecified atom stereocenters. The standard InChI is InChI=1S/C15H14BrNO/c1-11-6-8-13(9-7-11)17-15(18)10-12-4-2-3-5-14(12)16/h2-9H,10H2,1H3,(H,17,18). The van der Waals surface area contributed by atoms with E-state index in [4.69, 9.17) is 0 Å². The molecule has 0 aromatic heterocycles. The van der Waals surface area contributed by atoms with E-state index in [0.29, 0.717) is 6.42 Å². The molecule has 1 amide bonds. The van der Waals surface area contributed by atoms with Crippen LogP contribution in [0.5, 0.6) is 0 Å². The van der Waals surface area contributed by atoms with Crippen molar-refractivity contribution in [2.75, 3.05) is 5.32 Å². The van der Waals surface area contributed by atoms with Crippen LogP contribution in [-0.4, -0.2) is 5.91 Å². The van der Waals surface area contributed by atoms with Gasteiger partial charge in [-0.3, -0.25) is 4.79 Å². The molecule has 0 aliphatic rings. The van der Waals surface area contributed by atoms with Crippen LogP contribution in [0.15, 0.2) is 53.0 Å². The first kappa shape index (κ1) is 12.8. The summed E-state index contributed by atoms with van der Waals surface area (Å²) in [5, 5.41) is 2.89. The SMILES string of the molecule is Cc1ccc(NC(=O)Cc2ccccc2Br)cc1. The van der Waals surface area contributed by atoms with E-state index in [-0.39, 0.29) is 5.91 Å². The maximum absolute atomic E-state index is 11.9. The molecule has 18 heavy (non-hydrogen) atoms. The number of halogens is 1. The maximum atomic E-state index is 11.9. The van der Waals surface area contributed by atoms with Gasteiger partial charge in [0.15, 0.2) is 0 Å². The summed E-state index contributed by atoms with van der Waals surface area (Å²) in [5.41, 5.74) is 3.00. The summed E-state index contributed by atoms with van der Waals surface area (Å²) in [5.74, 6) is -0.00856. The molecule has 0 bridgehead atoms. The van der Waals surface area contributed by atoms with Crippen LogP contribution in [0.25, 0.3) is 0 Å². The average Bonchev–Trinajstić information content (AvgIpc) is 2.35. The Balaban J connectivity index is 2.01. The van der Waals surface area contributed by atoms with Crippen molar-refractivity contribution in [3.63, 3.8) is 0 Å². The van der Waals surface area contributed by atoms with E-state index in [1.165, 1.54) is 5.56 Å². The number of anilines is 1. The second-order valence-electron chi connectivity index (χ2n) is 4.18. The Morgan fingerprint density at radius 1 is 1.11 bits per heavy atom. The fourth-order valence-electron chi connectivity index (χ4n) is 1.66. The summed E-state index contributed by atoms with van der Waals surface area (Å²) >= 11 is 3.44. The number of carbonyl (C=O) groups is 1. The fourth-order valence-corrected chi connectivity index (χ4v) is 2.08. The molecule has 0 atom stereocenters. The van der Waals surface area contributed by atoms with E-state index in [1.807, 2.05) is 55.5 Å². The van der Waals surface area contributed by atoms with Gasteiger partial charge in [-0.2, -0.15) is 0 Å². The van der Waals surface area contributed by atoms with Gasteiger partial charge >= 0.3 is 0 Å². The molecule has 0 aliphatic carbocycles. The molecule has 0 saturated carbocycles. The Kier molecular flexibility index (Phi) is 4.15. The van der Waals surface area contributed by atoms with E-state index < -0.39 is 0 Å². The Bertz CT molecular complexity index is 549. The van der Waals surface area contributed by atoms with E-state index in [1.54, 1.807) is 0 Å². The van der Waals surface area contributed by atoms with Gasteiger partial charge in [0.05, 0.1) is 6.42 Å². The lowest BCUT2D eigenvalue weighted by Gasteiger charge is -2.06. The van der Waals surface area contributed by atoms with Crippen LogP contribution in [0.1, 0.15) is 11.1 Å². The Labute approximate surface area is 115 Å². The second-order valence-corrected chi connectivity index (χ2v) is 5.04. The van der Waals surface area contributed by atoms with Gasteiger partial charge < -0.3 is 5.32 Å². The van der Waals surface area contributed by atoms with E-state index in [9.17, 15) is 4.79 Å². The predicted molar refractivity (Wildman–Crippen MR) is 77.7 cm³/mol. The minimum Gasteiger partial charge on any atom is -0.326 e. The predicted octanol–water partition coefficient (Wildman–Crippen LogP) is 3.94. The summed E-state index contributed by atoms with van der Waals surface area (Å²) in [4.78, 5) is 11.9. The van der Waals surface area contributed by atoms with Crippen molar-refractivity contribution in [2.24, 2.45) is 0 Å². The number of rotatable bonds is 3. The van der Waals surface area contributed by atoms with Gasteiger partial charge in [-0.25, -0.2) is 0 Å². The number of hydrogen-bond donors (Lipinski definition) is 1. The monoisotopic (exact) mass is 303 g/mol. The van der Waals surface area contributed by atoms with Crippen molar-refractivity contribution in [2.45, 2.75) is 13.3 Å². The van der Waals surface area contributed by atoms with Gasteiger partial charge in [-0.1, -0.05) is 51.8 Å². The largest absolute Gasteiger partial charge is 0.326 e. The van der Waals surface area contributed by atoms with Gasteiger partial charge in [0.2, 0.25) is 5.91 Å². The van der Waals surface area contributed by atoms with Crippen LogP contribution in [0.2, 0.25) is 0 Å². The lowest BCUT2D eigenvalue weighted by Crippen LogP contribution is -2.14. The van der Waals surface area contributed by atoms with Gasteiger partial charge in [-0.15, -0.1) is 0 Å². The molecule has 1 N–H and O–H groups in total. The first-order valence-corrected chi connectivity index (χ1v) is 6.54. The van der Waals surface area contributed by atoms with Crippen molar-refractivity contribution in [1.82, 2.24) is 0 Å². The van der Waals surface area contributed by atoms with Crippen molar-refractivity contribution >= 4 is 27.5 Å². The molecular formula is C15H14BrNO. The van der Waals surface area contributed by atoms with Crippen molar-refractivity contribution in [3.05, 3.63) is 64.1 Å². The van der Waals surface area contributed by atoms with Crippen molar-refractivity contribution < 1.29 is 4.79 Å². The van der Waals surface area contributed by atoms with Crippen LogP contribution in [0, 0.1) is 6.92 Å². The highest BCUT2D eigenvalue weighted by Crippen LogP contribution is 2.17. The van der Waals surface area contributed by atoms with Gasteiger partial charge in [-0.05, 0) is 30.7 Å². The summed E-state index contributed by atoms with van der Waals surface area (Å²) in [6.07, 6.45) is 0.370. The Morgan fingerprint density at radius 3 is 2.44 bits per heavy atom. The van der Waals surface area contributed by atoms with E-state index in [0.717, 1.165) is 15.7 Å². The number of hydrogen-bond acceptors (Lipinski definition) is 1. The highest BCUT2D eigenvalue weighted by molar-refractivity contribution is 9.10. The zero-order valence-electron chi connectivity index (χ0n) is 10.1. The molecule has 0 spiro atoms. The molecule has 3 heteroatoms. The molecule has 2 aromatic carbocycles. The zero-order chi connectivity index (χ0) is 13.0. The molecule has 2 aromatic rings. The molecule has 0 heterocycles. The normalized spacial score (nSPS) is 10.1. The smallest absolute Gasteiger partial charge is 0.228 e. The Morgan fingerprint density at radius 2 is 1.78 bits per heavy atom. The number of nitrogens with one attached hydrogen (secondary N) is 1. The van der Waals surface area contributed by atoms with Gasteiger partial charge in [0.1, 0.15) is 0 Å². The van der Waals surface area contributed by atoms with Crippen molar-refractivity contribution in [1.29, 1.82) is 0 Å². The molecule has 2 rings (SSSR count). The molecule has 0 aliphatic heterocycles. The minimum atomic E-state index is -0.00856. The molecular weight excluding hydrogens is 290 g/mol. The molecule has 0 saturated heterocycles. The average molecular weight is 304 g/mol. The number of carbonyl (C=O) groups excluding carboxylic acids is 1. The summed E-state index contributed by atoms with van der Waals surface area (Å²) in [7, 11) is 0. The second kappa shape index (κ2) is 5.83. The molecule has 2 nitrogen and oxygen atoms in total. The molecule has 92 valence electrons. The summed E-state index contributed by atoms with van der Waals surface area (Å²) < 4.78 is 0.962. The van der Waals surface area contributed by atoms with Crippen LogP contribution in [0.4, 0.5) is 5.69 Å². The van der Waals surface area contributed by atoms with Crippen LogP contribution >= 0.6 is 15.9 Å². The summed E-state index contributed by atoms with van der Waals surface area (Å²) in [6, 6.07) is 15.5. The minimum absolute atomic E-state index is 0.00856. The highest BCUT2D eigenvalue weighted by Gasteiger charge is 2.06. The van der Waals surface area contributed by atoms with E-state index >= 15 is 0 Å². The number of amides is 1.